The van der Waals surface area contributed by atoms with Crippen LogP contribution in [0.4, 0.5) is 5.82 Å². The summed E-state index contributed by atoms with van der Waals surface area (Å²) in [5.41, 5.74) is 1.10. The largest absolute Gasteiger partial charge is 0.367 e. The van der Waals surface area contributed by atoms with Gasteiger partial charge in [0.1, 0.15) is 5.82 Å². The lowest BCUT2D eigenvalue weighted by atomic mass is 9.86. The maximum absolute atomic E-state index is 11.5. The highest BCUT2D eigenvalue weighted by Crippen LogP contribution is 2.26. The Morgan fingerprint density at radius 3 is 2.64 bits per heavy atom. The first-order chi connectivity index (χ1) is 12.1. The molecule has 138 valence electrons. The van der Waals surface area contributed by atoms with E-state index in [4.69, 9.17) is 0 Å². The predicted octanol–water partition coefficient (Wildman–Crippen LogP) is 2.49. The van der Waals surface area contributed by atoms with E-state index in [1.54, 1.807) is 18.7 Å². The highest BCUT2D eigenvalue weighted by atomic mass is 32.2. The Morgan fingerprint density at radius 2 is 2.04 bits per heavy atom. The lowest BCUT2D eigenvalue weighted by Gasteiger charge is -2.29. The van der Waals surface area contributed by atoms with Crippen molar-refractivity contribution in [2.24, 2.45) is 10.9 Å². The molecule has 3 rings (SSSR count). The quantitative estimate of drug-likeness (QED) is 0.757. The number of rotatable bonds is 7. The van der Waals surface area contributed by atoms with Gasteiger partial charge in [0, 0.05) is 36.6 Å². The van der Waals surface area contributed by atoms with Gasteiger partial charge < -0.3 is 5.32 Å². The van der Waals surface area contributed by atoms with E-state index in [-0.39, 0.29) is 5.75 Å². The molecule has 0 saturated heterocycles. The fraction of sp³-hybridized carbons (Fsp3) is 0.647. The molecular formula is C17H26N4O2S2. The molecule has 0 spiro atoms. The third-order valence-corrected chi connectivity index (χ3v) is 7.16. The van der Waals surface area contributed by atoms with Crippen molar-refractivity contribution in [1.29, 1.82) is 0 Å². The van der Waals surface area contributed by atoms with Crippen molar-refractivity contribution in [3.8, 4) is 0 Å². The molecule has 2 heterocycles. The summed E-state index contributed by atoms with van der Waals surface area (Å²) in [5, 5.41) is 4.60. The van der Waals surface area contributed by atoms with Gasteiger partial charge in [-0.05, 0) is 50.7 Å². The minimum Gasteiger partial charge on any atom is -0.367 e. The summed E-state index contributed by atoms with van der Waals surface area (Å²) in [6.07, 6.45) is 6.06. The summed E-state index contributed by atoms with van der Waals surface area (Å²) in [5.74, 6) is 2.55. The fourth-order valence-corrected chi connectivity index (χ4v) is 4.72. The minimum atomic E-state index is -3.08. The number of pyridine rings is 1. The summed E-state index contributed by atoms with van der Waals surface area (Å²) in [6, 6.07) is 4.52. The van der Waals surface area contributed by atoms with Gasteiger partial charge in [-0.2, -0.15) is 0 Å². The monoisotopic (exact) mass is 382 g/mol. The van der Waals surface area contributed by atoms with Crippen LogP contribution in [0.15, 0.2) is 23.3 Å². The van der Waals surface area contributed by atoms with Crippen molar-refractivity contribution in [1.82, 2.24) is 9.71 Å². The van der Waals surface area contributed by atoms with Crippen LogP contribution >= 0.6 is 11.8 Å². The first kappa shape index (κ1) is 18.7. The van der Waals surface area contributed by atoms with Crippen LogP contribution in [0.25, 0.3) is 0 Å². The van der Waals surface area contributed by atoms with E-state index >= 15 is 0 Å². The highest BCUT2D eigenvalue weighted by Gasteiger charge is 2.22. The molecule has 1 aliphatic heterocycles. The Hall–Kier alpha value is -1.12. The number of nitrogens with zero attached hydrogens (tertiary/aromatic N) is 2. The molecule has 1 fully saturated rings. The second kappa shape index (κ2) is 8.51. The molecule has 1 saturated carbocycles. The van der Waals surface area contributed by atoms with E-state index < -0.39 is 10.0 Å². The number of aliphatic imine (C=N–C) groups is 1. The molecule has 0 unspecified atom stereocenters. The third kappa shape index (κ3) is 5.43. The Labute approximate surface area is 154 Å². The van der Waals surface area contributed by atoms with Gasteiger partial charge in [0.05, 0.1) is 10.8 Å². The van der Waals surface area contributed by atoms with Crippen molar-refractivity contribution >= 4 is 32.6 Å². The summed E-state index contributed by atoms with van der Waals surface area (Å²) >= 11 is 1.79. The topological polar surface area (TPSA) is 83.5 Å². The Morgan fingerprint density at radius 1 is 1.24 bits per heavy atom. The first-order valence-corrected chi connectivity index (χ1v) is 11.6. The molecule has 2 N–H and O–H groups in total. The summed E-state index contributed by atoms with van der Waals surface area (Å²) in [4.78, 5) is 8.99. The van der Waals surface area contributed by atoms with Gasteiger partial charge >= 0.3 is 0 Å². The highest BCUT2D eigenvalue weighted by molar-refractivity contribution is 8.14. The van der Waals surface area contributed by atoms with Crippen molar-refractivity contribution in [3.63, 3.8) is 0 Å². The number of thioether (sulfide) groups is 1. The zero-order valence-corrected chi connectivity index (χ0v) is 16.2. The summed E-state index contributed by atoms with van der Waals surface area (Å²) < 4.78 is 25.8. The normalized spacial score (nSPS) is 24.1. The zero-order valence-electron chi connectivity index (χ0n) is 14.6. The van der Waals surface area contributed by atoms with Gasteiger partial charge in [-0.15, -0.1) is 11.8 Å². The number of aromatic nitrogens is 1. The maximum atomic E-state index is 11.5. The third-order valence-electron chi connectivity index (χ3n) is 4.77. The van der Waals surface area contributed by atoms with Crippen LogP contribution in [-0.4, -0.2) is 49.1 Å². The van der Waals surface area contributed by atoms with Crippen LogP contribution in [0.2, 0.25) is 0 Å². The molecule has 2 aliphatic rings. The van der Waals surface area contributed by atoms with Gasteiger partial charge in [0.15, 0.2) is 0 Å². The second-order valence-electron chi connectivity index (χ2n) is 6.58. The molecule has 1 aliphatic carbocycles. The average Bonchev–Trinajstić information content (AvgIpc) is 3.17. The van der Waals surface area contributed by atoms with Crippen LogP contribution < -0.4 is 10.0 Å². The average molecular weight is 383 g/mol. The van der Waals surface area contributed by atoms with Gasteiger partial charge in [-0.25, -0.2) is 18.1 Å². The predicted molar refractivity (Wildman–Crippen MR) is 105 cm³/mol. The van der Waals surface area contributed by atoms with Crippen molar-refractivity contribution in [2.45, 2.75) is 38.6 Å². The summed E-state index contributed by atoms with van der Waals surface area (Å²) in [6.45, 7) is 3.13. The number of anilines is 1. The number of nitrogens with one attached hydrogen (secondary N) is 2. The Kier molecular flexibility index (Phi) is 6.35. The molecule has 1 aromatic heterocycles. The smallest absolute Gasteiger partial charge is 0.211 e. The van der Waals surface area contributed by atoms with Gasteiger partial charge in [0.25, 0.3) is 0 Å². The first-order valence-electron chi connectivity index (χ1n) is 8.93. The van der Waals surface area contributed by atoms with E-state index in [2.05, 4.69) is 26.1 Å². The van der Waals surface area contributed by atoms with Crippen LogP contribution in [0.3, 0.4) is 0 Å². The molecule has 1 aromatic rings. The van der Waals surface area contributed by atoms with Crippen molar-refractivity contribution < 1.29 is 8.42 Å². The number of sulfonamides is 1. The van der Waals surface area contributed by atoms with Crippen molar-refractivity contribution in [3.05, 3.63) is 23.9 Å². The maximum Gasteiger partial charge on any atom is 0.211 e. The molecule has 0 radical (unpaired) electrons. The zero-order chi connectivity index (χ0) is 17.7. The van der Waals surface area contributed by atoms with Crippen LogP contribution in [0.5, 0.6) is 0 Å². The van der Waals surface area contributed by atoms with E-state index in [0.29, 0.717) is 18.5 Å². The number of hydrogen-bond acceptors (Lipinski definition) is 6. The SMILES string of the molecule is CCS(=O)(=O)NCC1CCC(Nc2ccc(C3=NCCS3)cn2)CC1. The molecule has 6 nitrogen and oxygen atoms in total. The van der Waals surface area contributed by atoms with E-state index in [1.807, 2.05) is 12.3 Å². The van der Waals surface area contributed by atoms with Gasteiger partial charge in [-0.3, -0.25) is 4.99 Å². The lowest BCUT2D eigenvalue weighted by Crippen LogP contribution is -2.34. The minimum absolute atomic E-state index is 0.149. The van der Waals surface area contributed by atoms with E-state index in [9.17, 15) is 8.42 Å². The standard InChI is InChI=1S/C17H26N4O2S2/c1-2-25(22,23)20-11-13-3-6-15(7-4-13)21-16-8-5-14(12-19-16)17-18-9-10-24-17/h5,8,12-13,15,20H,2-4,6-7,9-11H2,1H3,(H,19,21). The molecule has 0 bridgehead atoms. The van der Waals surface area contributed by atoms with Gasteiger partial charge in [-0.1, -0.05) is 0 Å². The van der Waals surface area contributed by atoms with Gasteiger partial charge in [0.2, 0.25) is 10.0 Å². The van der Waals surface area contributed by atoms with Crippen molar-refractivity contribution in [2.75, 3.05) is 29.9 Å². The fourth-order valence-electron chi connectivity index (χ4n) is 3.18. The molecule has 25 heavy (non-hydrogen) atoms. The van der Waals surface area contributed by atoms with E-state index in [1.165, 1.54) is 0 Å². The Bertz CT molecular complexity index is 696. The second-order valence-corrected chi connectivity index (χ2v) is 9.76. The molecule has 0 amide bonds. The molecular weight excluding hydrogens is 356 g/mol. The van der Waals surface area contributed by atoms with Crippen LogP contribution in [-0.2, 0) is 10.0 Å². The van der Waals surface area contributed by atoms with Crippen LogP contribution in [0.1, 0.15) is 38.2 Å². The Balaban J connectivity index is 1.44. The number of hydrogen-bond donors (Lipinski definition) is 2. The van der Waals surface area contributed by atoms with Crippen LogP contribution in [0, 0.1) is 5.92 Å². The lowest BCUT2D eigenvalue weighted by molar-refractivity contribution is 0.337. The molecule has 0 atom stereocenters. The summed E-state index contributed by atoms with van der Waals surface area (Å²) in [7, 11) is -3.08. The molecule has 0 aromatic carbocycles. The molecule has 8 heteroatoms. The van der Waals surface area contributed by atoms with E-state index in [0.717, 1.165) is 54.4 Å².